The van der Waals surface area contributed by atoms with Crippen LogP contribution in [0.25, 0.3) is 5.65 Å². The molecular formula is C15H21N3O2. The summed E-state index contributed by atoms with van der Waals surface area (Å²) in [6, 6.07) is 5.81. The molecule has 5 nitrogen and oxygen atoms in total. The summed E-state index contributed by atoms with van der Waals surface area (Å²) >= 11 is 0. The number of aromatic nitrogens is 2. The van der Waals surface area contributed by atoms with E-state index in [4.69, 9.17) is 4.74 Å². The highest BCUT2D eigenvalue weighted by molar-refractivity contribution is 5.80. The summed E-state index contributed by atoms with van der Waals surface area (Å²) in [6.07, 6.45) is 3.41. The van der Waals surface area contributed by atoms with Crippen molar-refractivity contribution < 1.29 is 9.53 Å². The normalized spacial score (nSPS) is 12.8. The number of hydrogen-bond acceptors (Lipinski definition) is 3. The average molecular weight is 275 g/mol. The molecule has 5 heteroatoms. The third-order valence-corrected chi connectivity index (χ3v) is 2.91. The van der Waals surface area contributed by atoms with Gasteiger partial charge >= 0.3 is 0 Å². The molecule has 0 aromatic carbocycles. The molecule has 0 unspecified atom stereocenters. The zero-order valence-corrected chi connectivity index (χ0v) is 12.2. The average Bonchev–Trinajstić information content (AvgIpc) is 2.84. The van der Waals surface area contributed by atoms with E-state index >= 15 is 0 Å². The van der Waals surface area contributed by atoms with Gasteiger partial charge in [0.1, 0.15) is 11.8 Å². The zero-order valence-electron chi connectivity index (χ0n) is 12.2. The molecule has 2 aromatic heterocycles. The highest BCUT2D eigenvalue weighted by Gasteiger charge is 2.14. The number of pyridine rings is 1. The van der Waals surface area contributed by atoms with E-state index in [2.05, 4.69) is 24.1 Å². The minimum atomic E-state index is -0.436. The summed E-state index contributed by atoms with van der Waals surface area (Å²) in [5, 5.41) is 2.84. The van der Waals surface area contributed by atoms with Gasteiger partial charge in [0.15, 0.2) is 0 Å². The Kier molecular flexibility index (Phi) is 4.74. The Labute approximate surface area is 119 Å². The van der Waals surface area contributed by atoms with Crippen LogP contribution in [0.2, 0.25) is 0 Å². The fourth-order valence-corrected chi connectivity index (χ4v) is 1.81. The molecule has 0 aliphatic heterocycles. The van der Waals surface area contributed by atoms with E-state index in [1.54, 1.807) is 6.92 Å². The molecule has 1 N–H and O–H groups in total. The SMILES string of the molecule is CC(C)CO[C@H](C)C(=O)NCc1cn2ccccc2n1. The van der Waals surface area contributed by atoms with Gasteiger partial charge in [-0.25, -0.2) is 4.98 Å². The summed E-state index contributed by atoms with van der Waals surface area (Å²) < 4.78 is 7.41. The minimum absolute atomic E-state index is 0.109. The monoisotopic (exact) mass is 275 g/mol. The largest absolute Gasteiger partial charge is 0.368 e. The van der Waals surface area contributed by atoms with Gasteiger partial charge in [-0.2, -0.15) is 0 Å². The first-order valence-electron chi connectivity index (χ1n) is 6.88. The molecule has 2 heterocycles. The topological polar surface area (TPSA) is 55.6 Å². The number of ether oxygens (including phenoxy) is 1. The lowest BCUT2D eigenvalue weighted by molar-refractivity contribution is -0.132. The van der Waals surface area contributed by atoms with Crippen molar-refractivity contribution in [2.24, 2.45) is 5.92 Å². The van der Waals surface area contributed by atoms with E-state index in [9.17, 15) is 4.79 Å². The summed E-state index contributed by atoms with van der Waals surface area (Å²) in [7, 11) is 0. The Morgan fingerprint density at radius 2 is 2.20 bits per heavy atom. The van der Waals surface area contributed by atoms with Crippen molar-refractivity contribution >= 4 is 11.6 Å². The van der Waals surface area contributed by atoms with Crippen molar-refractivity contribution in [3.63, 3.8) is 0 Å². The number of fused-ring (bicyclic) bond motifs is 1. The van der Waals surface area contributed by atoms with E-state index in [1.807, 2.05) is 35.0 Å². The van der Waals surface area contributed by atoms with Crippen LogP contribution in [0.15, 0.2) is 30.6 Å². The van der Waals surface area contributed by atoms with Crippen LogP contribution in [-0.2, 0) is 16.1 Å². The number of hydrogen-bond donors (Lipinski definition) is 1. The van der Waals surface area contributed by atoms with Gasteiger partial charge in [-0.15, -0.1) is 0 Å². The maximum absolute atomic E-state index is 11.9. The predicted molar refractivity (Wildman–Crippen MR) is 77.3 cm³/mol. The zero-order chi connectivity index (χ0) is 14.5. The Hall–Kier alpha value is -1.88. The van der Waals surface area contributed by atoms with Crippen molar-refractivity contribution in [1.29, 1.82) is 0 Å². The molecule has 2 rings (SSSR count). The number of imidazole rings is 1. The lowest BCUT2D eigenvalue weighted by Gasteiger charge is -2.14. The van der Waals surface area contributed by atoms with Crippen LogP contribution in [0.4, 0.5) is 0 Å². The fraction of sp³-hybridized carbons (Fsp3) is 0.467. The quantitative estimate of drug-likeness (QED) is 0.877. The maximum Gasteiger partial charge on any atom is 0.249 e. The van der Waals surface area contributed by atoms with Gasteiger partial charge < -0.3 is 14.5 Å². The molecule has 0 fully saturated rings. The van der Waals surface area contributed by atoms with Gasteiger partial charge in [0.25, 0.3) is 0 Å². The van der Waals surface area contributed by atoms with Gasteiger partial charge in [0.2, 0.25) is 5.91 Å². The molecule has 108 valence electrons. The Bertz CT molecular complexity index is 544. The molecule has 0 aliphatic rings. The second-order valence-corrected chi connectivity index (χ2v) is 5.29. The van der Waals surface area contributed by atoms with E-state index < -0.39 is 6.10 Å². The van der Waals surface area contributed by atoms with E-state index in [1.165, 1.54) is 0 Å². The van der Waals surface area contributed by atoms with Gasteiger partial charge in [0.05, 0.1) is 12.2 Å². The van der Waals surface area contributed by atoms with Gasteiger partial charge in [-0.1, -0.05) is 19.9 Å². The summed E-state index contributed by atoms with van der Waals surface area (Å²) in [4.78, 5) is 16.3. The number of nitrogens with zero attached hydrogens (tertiary/aromatic N) is 2. The number of carbonyl (C=O) groups excluding carboxylic acids is 1. The van der Waals surface area contributed by atoms with Crippen molar-refractivity contribution in [2.45, 2.75) is 33.4 Å². The number of rotatable bonds is 6. The predicted octanol–water partition coefficient (Wildman–Crippen LogP) is 2.01. The molecule has 0 saturated heterocycles. The van der Waals surface area contributed by atoms with Gasteiger partial charge in [0, 0.05) is 19.0 Å². The lowest BCUT2D eigenvalue weighted by Crippen LogP contribution is -2.34. The van der Waals surface area contributed by atoms with Crippen molar-refractivity contribution in [2.75, 3.05) is 6.61 Å². The minimum Gasteiger partial charge on any atom is -0.368 e. The Balaban J connectivity index is 1.86. The fourth-order valence-electron chi connectivity index (χ4n) is 1.81. The third-order valence-electron chi connectivity index (χ3n) is 2.91. The summed E-state index contributed by atoms with van der Waals surface area (Å²) in [5.74, 6) is 0.311. The van der Waals surface area contributed by atoms with Crippen LogP contribution in [0.1, 0.15) is 26.5 Å². The van der Waals surface area contributed by atoms with E-state index in [-0.39, 0.29) is 5.91 Å². The van der Waals surface area contributed by atoms with Crippen molar-refractivity contribution in [3.8, 4) is 0 Å². The molecule has 0 aliphatic carbocycles. The molecule has 0 bridgehead atoms. The molecule has 1 amide bonds. The maximum atomic E-state index is 11.9. The number of nitrogens with one attached hydrogen (secondary N) is 1. The van der Waals surface area contributed by atoms with Crippen molar-refractivity contribution in [3.05, 3.63) is 36.3 Å². The molecular weight excluding hydrogens is 254 g/mol. The Morgan fingerprint density at radius 1 is 1.40 bits per heavy atom. The number of amides is 1. The van der Waals surface area contributed by atoms with Crippen molar-refractivity contribution in [1.82, 2.24) is 14.7 Å². The van der Waals surface area contributed by atoms with Crippen LogP contribution in [0, 0.1) is 5.92 Å². The summed E-state index contributed by atoms with van der Waals surface area (Å²) in [6.45, 7) is 6.88. The molecule has 1 atom stereocenters. The highest BCUT2D eigenvalue weighted by atomic mass is 16.5. The van der Waals surface area contributed by atoms with Crippen LogP contribution in [0.5, 0.6) is 0 Å². The third kappa shape index (κ3) is 3.81. The molecule has 0 saturated carbocycles. The molecule has 0 spiro atoms. The molecule has 0 radical (unpaired) electrons. The van der Waals surface area contributed by atoms with Crippen LogP contribution >= 0.6 is 0 Å². The second-order valence-electron chi connectivity index (χ2n) is 5.29. The first kappa shape index (κ1) is 14.5. The first-order valence-corrected chi connectivity index (χ1v) is 6.88. The van der Waals surface area contributed by atoms with Crippen LogP contribution < -0.4 is 5.32 Å². The Morgan fingerprint density at radius 3 is 2.90 bits per heavy atom. The highest BCUT2D eigenvalue weighted by Crippen LogP contribution is 2.04. The standard InChI is InChI=1S/C15H21N3O2/c1-11(2)10-20-12(3)15(19)16-8-13-9-18-7-5-4-6-14(18)17-13/h4-7,9,11-12H,8,10H2,1-3H3,(H,16,19)/t12-/m1/s1. The molecule has 20 heavy (non-hydrogen) atoms. The second kappa shape index (κ2) is 6.52. The van der Waals surface area contributed by atoms with E-state index in [0.717, 1.165) is 11.3 Å². The summed E-state index contributed by atoms with van der Waals surface area (Å²) in [5.41, 5.74) is 1.71. The smallest absolute Gasteiger partial charge is 0.249 e. The van der Waals surface area contributed by atoms with Crippen LogP contribution in [0.3, 0.4) is 0 Å². The van der Waals surface area contributed by atoms with Crippen LogP contribution in [-0.4, -0.2) is 28.0 Å². The first-order chi connectivity index (χ1) is 9.56. The van der Waals surface area contributed by atoms with Gasteiger partial charge in [-0.3, -0.25) is 4.79 Å². The van der Waals surface area contributed by atoms with E-state index in [0.29, 0.717) is 19.1 Å². The molecule has 2 aromatic rings. The van der Waals surface area contributed by atoms with Gasteiger partial charge in [-0.05, 0) is 25.0 Å². The number of carbonyl (C=O) groups is 1. The lowest BCUT2D eigenvalue weighted by atomic mass is 10.2.